The van der Waals surface area contributed by atoms with Gasteiger partial charge in [0.05, 0.1) is 6.04 Å². The molecule has 0 saturated carbocycles. The van der Waals surface area contributed by atoms with Crippen LogP contribution in [0.25, 0.3) is 0 Å². The summed E-state index contributed by atoms with van der Waals surface area (Å²) in [5.41, 5.74) is 2.72. The second-order valence-corrected chi connectivity index (χ2v) is 6.36. The summed E-state index contributed by atoms with van der Waals surface area (Å²) in [6.45, 7) is 7.68. The van der Waals surface area contributed by atoms with E-state index in [2.05, 4.69) is 79.8 Å². The first-order valence-corrected chi connectivity index (χ1v) is 8.65. The molecule has 2 aromatic rings. The molecule has 1 heterocycles. The normalized spacial score (nSPS) is 13.9. The van der Waals surface area contributed by atoms with E-state index in [1.807, 2.05) is 11.3 Å². The third kappa shape index (κ3) is 3.66. The summed E-state index contributed by atoms with van der Waals surface area (Å²) >= 11 is 1.83. The smallest absolute Gasteiger partial charge is 0.0603 e. The van der Waals surface area contributed by atoms with E-state index in [0.717, 1.165) is 13.0 Å². The summed E-state index contributed by atoms with van der Waals surface area (Å²) in [6, 6.07) is 13.9. The van der Waals surface area contributed by atoms with Gasteiger partial charge in [-0.3, -0.25) is 0 Å². The maximum atomic E-state index is 3.59. The molecule has 0 aliphatic carbocycles. The van der Waals surface area contributed by atoms with E-state index >= 15 is 0 Å². The minimum atomic E-state index is 0.394. The van der Waals surface area contributed by atoms with Gasteiger partial charge >= 0.3 is 0 Å². The maximum absolute atomic E-state index is 3.59. The van der Waals surface area contributed by atoms with Crippen LogP contribution < -0.4 is 10.2 Å². The summed E-state index contributed by atoms with van der Waals surface area (Å²) < 4.78 is 0. The molecule has 3 heteroatoms. The topological polar surface area (TPSA) is 15.3 Å². The molecule has 0 saturated heterocycles. The van der Waals surface area contributed by atoms with Gasteiger partial charge in [0, 0.05) is 23.7 Å². The lowest BCUT2D eigenvalue weighted by atomic mass is 10.0. The molecule has 0 spiro atoms. The Kier molecular flexibility index (Phi) is 5.83. The van der Waals surface area contributed by atoms with Crippen molar-refractivity contribution in [1.29, 1.82) is 0 Å². The van der Waals surface area contributed by atoms with Crippen molar-refractivity contribution in [3.8, 4) is 0 Å². The van der Waals surface area contributed by atoms with Gasteiger partial charge in [0.2, 0.25) is 0 Å². The van der Waals surface area contributed by atoms with Gasteiger partial charge in [0.25, 0.3) is 0 Å². The lowest BCUT2D eigenvalue weighted by Gasteiger charge is -2.31. The zero-order valence-electron chi connectivity index (χ0n) is 13.5. The van der Waals surface area contributed by atoms with Gasteiger partial charge < -0.3 is 10.2 Å². The number of para-hydroxylation sites is 1. The summed E-state index contributed by atoms with van der Waals surface area (Å²) in [7, 11) is 2.20. The highest BCUT2D eigenvalue weighted by Crippen LogP contribution is 2.33. The number of nitrogens with zero attached hydrogens (tertiary/aromatic N) is 1. The molecule has 2 unspecified atom stereocenters. The molecule has 1 N–H and O–H groups in total. The molecule has 114 valence electrons. The second-order valence-electron chi connectivity index (χ2n) is 5.38. The van der Waals surface area contributed by atoms with E-state index < -0.39 is 0 Å². The summed E-state index contributed by atoms with van der Waals surface area (Å²) in [5.74, 6) is 0. The minimum absolute atomic E-state index is 0.394. The zero-order valence-corrected chi connectivity index (χ0v) is 14.3. The highest BCUT2D eigenvalue weighted by atomic mass is 32.1. The van der Waals surface area contributed by atoms with E-state index in [9.17, 15) is 0 Å². The molecule has 2 nitrogen and oxygen atoms in total. The third-order valence-electron chi connectivity index (χ3n) is 4.09. The fourth-order valence-corrected chi connectivity index (χ4v) is 3.58. The number of nitrogens with one attached hydrogen (secondary N) is 1. The molecule has 2 atom stereocenters. The standard InChI is InChI=1S/C18H26N2S/c1-5-16(19-6-2)15-10-7-8-11-17(15)20(4)14(3)18-12-9-13-21-18/h7-14,16,19H,5-6H2,1-4H3. The van der Waals surface area contributed by atoms with Gasteiger partial charge in [-0.15, -0.1) is 11.3 Å². The summed E-state index contributed by atoms with van der Waals surface area (Å²) in [4.78, 5) is 3.80. The molecule has 0 aliphatic heterocycles. The molecular weight excluding hydrogens is 276 g/mol. The van der Waals surface area contributed by atoms with Crippen LogP contribution in [0, 0.1) is 0 Å². The Labute approximate surface area is 132 Å². The van der Waals surface area contributed by atoms with Crippen molar-refractivity contribution < 1.29 is 0 Å². The highest BCUT2D eigenvalue weighted by Gasteiger charge is 2.19. The van der Waals surface area contributed by atoms with Crippen LogP contribution in [0.3, 0.4) is 0 Å². The van der Waals surface area contributed by atoms with Crippen LogP contribution in [0.1, 0.15) is 49.7 Å². The van der Waals surface area contributed by atoms with E-state index in [1.54, 1.807) is 0 Å². The van der Waals surface area contributed by atoms with Crippen LogP contribution >= 0.6 is 11.3 Å². The quantitative estimate of drug-likeness (QED) is 0.773. The molecular formula is C18H26N2S. The third-order valence-corrected chi connectivity index (χ3v) is 5.13. The Morgan fingerprint density at radius 2 is 1.90 bits per heavy atom. The first-order chi connectivity index (χ1) is 10.2. The average Bonchev–Trinajstić information content (AvgIpc) is 3.05. The van der Waals surface area contributed by atoms with Gasteiger partial charge in [0.1, 0.15) is 0 Å². The number of rotatable bonds is 7. The summed E-state index contributed by atoms with van der Waals surface area (Å²) in [6.07, 6.45) is 1.10. The molecule has 0 fully saturated rings. The van der Waals surface area contributed by atoms with Crippen molar-refractivity contribution in [2.75, 3.05) is 18.5 Å². The molecule has 2 rings (SSSR count). The van der Waals surface area contributed by atoms with Crippen molar-refractivity contribution in [2.24, 2.45) is 0 Å². The zero-order chi connectivity index (χ0) is 15.2. The minimum Gasteiger partial charge on any atom is -0.367 e. The Hall–Kier alpha value is -1.32. The van der Waals surface area contributed by atoms with Crippen LogP contribution in [0.15, 0.2) is 41.8 Å². The number of anilines is 1. The van der Waals surface area contributed by atoms with E-state index in [0.29, 0.717) is 12.1 Å². The Morgan fingerprint density at radius 1 is 1.14 bits per heavy atom. The van der Waals surface area contributed by atoms with Crippen LogP contribution in [0.4, 0.5) is 5.69 Å². The van der Waals surface area contributed by atoms with E-state index in [4.69, 9.17) is 0 Å². The number of thiophene rings is 1. The van der Waals surface area contributed by atoms with Crippen molar-refractivity contribution in [1.82, 2.24) is 5.32 Å². The van der Waals surface area contributed by atoms with Crippen molar-refractivity contribution in [2.45, 2.75) is 39.3 Å². The largest absolute Gasteiger partial charge is 0.367 e. The molecule has 0 radical (unpaired) electrons. The van der Waals surface area contributed by atoms with Gasteiger partial charge in [-0.05, 0) is 43.0 Å². The monoisotopic (exact) mass is 302 g/mol. The van der Waals surface area contributed by atoms with E-state index in [1.165, 1.54) is 16.1 Å². The fraction of sp³-hybridized carbons (Fsp3) is 0.444. The van der Waals surface area contributed by atoms with Gasteiger partial charge in [-0.2, -0.15) is 0 Å². The van der Waals surface area contributed by atoms with Crippen LogP contribution in [0.2, 0.25) is 0 Å². The van der Waals surface area contributed by atoms with Gasteiger partial charge in [0.15, 0.2) is 0 Å². The first-order valence-electron chi connectivity index (χ1n) is 7.77. The second kappa shape index (κ2) is 7.62. The Balaban J connectivity index is 2.30. The predicted molar refractivity (Wildman–Crippen MR) is 94.3 cm³/mol. The molecule has 0 bridgehead atoms. The van der Waals surface area contributed by atoms with Crippen LogP contribution in [-0.4, -0.2) is 13.6 Å². The van der Waals surface area contributed by atoms with Crippen molar-refractivity contribution in [3.05, 3.63) is 52.2 Å². The molecule has 0 aliphatic rings. The number of hydrogen-bond donors (Lipinski definition) is 1. The number of benzene rings is 1. The first kappa shape index (κ1) is 16.1. The average molecular weight is 302 g/mol. The maximum Gasteiger partial charge on any atom is 0.0603 e. The van der Waals surface area contributed by atoms with Crippen molar-refractivity contribution in [3.63, 3.8) is 0 Å². The molecule has 21 heavy (non-hydrogen) atoms. The number of hydrogen-bond acceptors (Lipinski definition) is 3. The van der Waals surface area contributed by atoms with Crippen LogP contribution in [-0.2, 0) is 0 Å². The van der Waals surface area contributed by atoms with Gasteiger partial charge in [-0.25, -0.2) is 0 Å². The van der Waals surface area contributed by atoms with Gasteiger partial charge in [-0.1, -0.05) is 38.1 Å². The van der Waals surface area contributed by atoms with Crippen molar-refractivity contribution >= 4 is 17.0 Å². The lowest BCUT2D eigenvalue weighted by Crippen LogP contribution is -2.26. The summed E-state index contributed by atoms with van der Waals surface area (Å²) in [5, 5.41) is 5.75. The Morgan fingerprint density at radius 3 is 2.52 bits per heavy atom. The molecule has 0 amide bonds. The van der Waals surface area contributed by atoms with Crippen LogP contribution in [0.5, 0.6) is 0 Å². The lowest BCUT2D eigenvalue weighted by molar-refractivity contribution is 0.535. The highest BCUT2D eigenvalue weighted by molar-refractivity contribution is 7.10. The SMILES string of the molecule is CCNC(CC)c1ccccc1N(C)C(C)c1cccs1. The molecule has 1 aromatic heterocycles. The molecule has 1 aromatic carbocycles. The van der Waals surface area contributed by atoms with E-state index in [-0.39, 0.29) is 0 Å². The fourth-order valence-electron chi connectivity index (χ4n) is 2.75. The Bertz CT molecular complexity index is 536. The predicted octanol–water partition coefficient (Wildman–Crippen LogP) is 5.01.